The normalized spacial score (nSPS) is 25.2. The molecule has 2 heterocycles. The van der Waals surface area contributed by atoms with E-state index in [2.05, 4.69) is 48.3 Å². The van der Waals surface area contributed by atoms with Crippen LogP contribution in [-0.2, 0) is 11.3 Å². The first-order valence-electron chi connectivity index (χ1n) is 13.4. The number of anilines is 2. The van der Waals surface area contributed by atoms with E-state index >= 15 is 0 Å². The largest absolute Gasteiger partial charge is 0.372 e. The number of thioether (sulfide) groups is 1. The highest BCUT2D eigenvalue weighted by molar-refractivity contribution is 8.00. The van der Waals surface area contributed by atoms with Gasteiger partial charge in [0.05, 0.1) is 15.1 Å². The number of carbonyl (C=O) groups is 1. The number of nitrogens with one attached hydrogen (secondary N) is 1. The molecule has 1 N–H and O–H groups in total. The molecule has 9 heteroatoms. The van der Waals surface area contributed by atoms with Gasteiger partial charge in [0.1, 0.15) is 6.54 Å². The molecule has 38 heavy (non-hydrogen) atoms. The van der Waals surface area contributed by atoms with Crippen molar-refractivity contribution in [2.75, 3.05) is 23.3 Å². The molecule has 1 aromatic heterocycles. The van der Waals surface area contributed by atoms with Gasteiger partial charge in [-0.15, -0.1) is 11.8 Å². The Labute approximate surface area is 241 Å². The molecule has 5 nitrogen and oxygen atoms in total. The third-order valence-electron chi connectivity index (χ3n) is 8.58. The van der Waals surface area contributed by atoms with Crippen LogP contribution in [0.2, 0.25) is 10.0 Å². The van der Waals surface area contributed by atoms with Crippen LogP contribution in [0.5, 0.6) is 0 Å². The molecule has 2 aliphatic carbocycles. The highest BCUT2D eigenvalue weighted by atomic mass is 35.5. The number of benzene rings is 2. The van der Waals surface area contributed by atoms with Gasteiger partial charge in [-0.3, -0.25) is 14.2 Å². The molecule has 200 valence electrons. The fourth-order valence-corrected chi connectivity index (χ4v) is 10.3. The van der Waals surface area contributed by atoms with E-state index in [1.807, 2.05) is 11.8 Å². The van der Waals surface area contributed by atoms with Crippen LogP contribution < -0.4 is 15.1 Å². The number of rotatable bonds is 7. The van der Waals surface area contributed by atoms with E-state index in [4.69, 9.17) is 23.2 Å². The van der Waals surface area contributed by atoms with Gasteiger partial charge in [-0.2, -0.15) is 0 Å². The maximum Gasteiger partial charge on any atom is 0.308 e. The second-order valence-corrected chi connectivity index (χ2v) is 13.5. The third kappa shape index (κ3) is 4.59. The summed E-state index contributed by atoms with van der Waals surface area (Å²) in [7, 11) is 0. The zero-order chi connectivity index (χ0) is 26.6. The maximum atomic E-state index is 13.3. The van der Waals surface area contributed by atoms with Crippen molar-refractivity contribution in [3.05, 3.63) is 72.6 Å². The molecule has 1 amide bonds. The van der Waals surface area contributed by atoms with Gasteiger partial charge >= 0.3 is 4.87 Å². The SMILES string of the molecule is CCN(CC)c1ccc([C@@H]2c3sc(=O)n(CC(=O)Nc4ccc(Cl)c(Cl)c4)c3S[C@@H]3[C@H]4CC[C@@H](C4)[C@@H]23)cc1. The van der Waals surface area contributed by atoms with E-state index in [-0.39, 0.29) is 23.2 Å². The minimum Gasteiger partial charge on any atom is -0.372 e. The molecule has 2 saturated carbocycles. The highest BCUT2D eigenvalue weighted by Crippen LogP contribution is 2.64. The summed E-state index contributed by atoms with van der Waals surface area (Å²) in [4.78, 5) is 29.8. The van der Waals surface area contributed by atoms with Crippen molar-refractivity contribution in [1.29, 1.82) is 0 Å². The summed E-state index contributed by atoms with van der Waals surface area (Å²) in [6.07, 6.45) is 3.85. The van der Waals surface area contributed by atoms with Crippen molar-refractivity contribution in [3.63, 3.8) is 0 Å². The molecular formula is C29H31Cl2N3O2S2. The summed E-state index contributed by atoms with van der Waals surface area (Å²) in [5, 5.41) is 5.16. The number of nitrogens with zero attached hydrogens (tertiary/aromatic N) is 2. The quantitative estimate of drug-likeness (QED) is 0.314. The van der Waals surface area contributed by atoms with Crippen molar-refractivity contribution < 1.29 is 4.79 Å². The predicted octanol–water partition coefficient (Wildman–Crippen LogP) is 7.35. The fourth-order valence-electron chi connectivity index (χ4n) is 6.86. The monoisotopic (exact) mass is 587 g/mol. The lowest BCUT2D eigenvalue weighted by atomic mass is 9.75. The molecule has 0 unspecified atom stereocenters. The number of aromatic nitrogens is 1. The van der Waals surface area contributed by atoms with Crippen LogP contribution in [-0.4, -0.2) is 28.8 Å². The smallest absolute Gasteiger partial charge is 0.308 e. The minimum absolute atomic E-state index is 0.0169. The molecule has 0 saturated heterocycles. The van der Waals surface area contributed by atoms with Gasteiger partial charge in [0.15, 0.2) is 0 Å². The molecule has 2 aromatic carbocycles. The molecule has 3 aliphatic rings. The Hall–Kier alpha value is -1.93. The molecule has 3 aromatic rings. The summed E-state index contributed by atoms with van der Waals surface area (Å²) in [5.41, 5.74) is 3.09. The molecular weight excluding hydrogens is 557 g/mol. The number of hydrogen-bond donors (Lipinski definition) is 1. The van der Waals surface area contributed by atoms with Crippen LogP contribution in [0.3, 0.4) is 0 Å². The summed E-state index contributed by atoms with van der Waals surface area (Å²) < 4.78 is 1.69. The molecule has 5 atom stereocenters. The number of hydrogen-bond acceptors (Lipinski definition) is 5. The Bertz CT molecular complexity index is 1420. The van der Waals surface area contributed by atoms with Crippen molar-refractivity contribution in [3.8, 4) is 0 Å². The summed E-state index contributed by atoms with van der Waals surface area (Å²) in [6, 6.07) is 14.0. The molecule has 1 aliphatic heterocycles. The Balaban J connectivity index is 1.33. The van der Waals surface area contributed by atoms with Crippen molar-refractivity contribution in [1.82, 2.24) is 4.57 Å². The third-order valence-corrected chi connectivity index (χ3v) is 12.1. The van der Waals surface area contributed by atoms with E-state index in [0.29, 0.717) is 38.7 Å². The van der Waals surface area contributed by atoms with E-state index < -0.39 is 0 Å². The Morgan fingerprint density at radius 2 is 1.79 bits per heavy atom. The Kier molecular flexibility index (Phi) is 7.31. The second-order valence-electron chi connectivity index (χ2n) is 10.5. The van der Waals surface area contributed by atoms with Crippen molar-refractivity contribution >= 4 is 63.6 Å². The van der Waals surface area contributed by atoms with Gasteiger partial charge in [0.25, 0.3) is 0 Å². The van der Waals surface area contributed by atoms with Gasteiger partial charge in [-0.1, -0.05) is 46.7 Å². The second kappa shape index (κ2) is 10.6. The first-order valence-corrected chi connectivity index (χ1v) is 15.8. The van der Waals surface area contributed by atoms with Gasteiger partial charge < -0.3 is 10.2 Å². The van der Waals surface area contributed by atoms with Crippen molar-refractivity contribution in [2.45, 2.75) is 55.8 Å². The summed E-state index contributed by atoms with van der Waals surface area (Å²) in [6.45, 7) is 6.29. The maximum absolute atomic E-state index is 13.3. The highest BCUT2D eigenvalue weighted by Gasteiger charge is 2.55. The Morgan fingerprint density at radius 3 is 2.50 bits per heavy atom. The zero-order valence-corrected chi connectivity index (χ0v) is 24.6. The molecule has 2 bridgehead atoms. The topological polar surface area (TPSA) is 54.3 Å². The predicted molar refractivity (Wildman–Crippen MR) is 159 cm³/mol. The molecule has 0 spiro atoms. The summed E-state index contributed by atoms with van der Waals surface area (Å²) in [5.74, 6) is 1.90. The van der Waals surface area contributed by atoms with E-state index in [1.54, 1.807) is 22.8 Å². The molecule has 0 radical (unpaired) electrons. The number of fused-ring (bicyclic) bond motifs is 6. The van der Waals surface area contributed by atoms with Crippen LogP contribution in [0.15, 0.2) is 52.3 Å². The van der Waals surface area contributed by atoms with Crippen LogP contribution in [0.4, 0.5) is 11.4 Å². The lowest BCUT2D eigenvalue weighted by Crippen LogP contribution is -2.35. The molecule has 6 rings (SSSR count). The van der Waals surface area contributed by atoms with Gasteiger partial charge in [0.2, 0.25) is 5.91 Å². The van der Waals surface area contributed by atoms with Gasteiger partial charge in [-0.05, 0) is 86.8 Å². The lowest BCUT2D eigenvalue weighted by molar-refractivity contribution is -0.116. The summed E-state index contributed by atoms with van der Waals surface area (Å²) >= 11 is 15.3. The number of thiazole rings is 1. The first-order chi connectivity index (χ1) is 18.4. The Morgan fingerprint density at radius 1 is 1.05 bits per heavy atom. The van der Waals surface area contributed by atoms with Gasteiger partial charge in [-0.25, -0.2) is 0 Å². The fraction of sp³-hybridized carbons (Fsp3) is 0.448. The van der Waals surface area contributed by atoms with Crippen LogP contribution in [0, 0.1) is 17.8 Å². The van der Waals surface area contributed by atoms with Crippen molar-refractivity contribution in [2.24, 2.45) is 17.8 Å². The lowest BCUT2D eigenvalue weighted by Gasteiger charge is -2.40. The zero-order valence-electron chi connectivity index (χ0n) is 21.5. The van der Waals surface area contributed by atoms with E-state index in [0.717, 1.165) is 23.0 Å². The van der Waals surface area contributed by atoms with Crippen LogP contribution in [0.1, 0.15) is 49.5 Å². The number of amides is 1. The minimum atomic E-state index is -0.248. The van der Waals surface area contributed by atoms with Crippen LogP contribution in [0.25, 0.3) is 0 Å². The number of halogens is 2. The average Bonchev–Trinajstić information content (AvgIpc) is 3.61. The number of carbonyl (C=O) groups excluding carboxylic acids is 1. The van der Waals surface area contributed by atoms with E-state index in [9.17, 15) is 9.59 Å². The van der Waals surface area contributed by atoms with Gasteiger partial charge in [0, 0.05) is 40.5 Å². The standard InChI is InChI=1S/C29H31Cl2N3O2S2/c1-3-33(4-2)20-10-7-16(8-11-20)24-25-17-5-6-18(13-17)26(25)37-28-27(24)38-29(36)34(28)15-23(35)32-19-9-12-21(30)22(31)14-19/h7-12,14,17-18,24-26H,3-6,13,15H2,1-2H3,(H,32,35)/t17-,18-,24-,25-,26+/m0/s1. The van der Waals surface area contributed by atoms with E-state index in [1.165, 1.54) is 41.9 Å². The van der Waals surface area contributed by atoms with Crippen LogP contribution >= 0.6 is 46.3 Å². The first kappa shape index (κ1) is 26.3. The molecule has 2 fully saturated rings. The average molecular weight is 589 g/mol.